The number of thioether (sulfide) groups is 1. The van der Waals surface area contributed by atoms with Crippen molar-refractivity contribution in [1.29, 1.82) is 0 Å². The molecule has 116 valence electrons. The SMILES string of the molecule is O=C1NC(=Nc2ccc3ccccc3c2)S/C1=C\c1ccccc1. The summed E-state index contributed by atoms with van der Waals surface area (Å²) < 4.78 is 0. The van der Waals surface area contributed by atoms with Gasteiger partial charge in [-0.3, -0.25) is 4.79 Å². The molecule has 1 heterocycles. The predicted molar refractivity (Wildman–Crippen MR) is 101 cm³/mol. The Labute approximate surface area is 144 Å². The molecule has 0 spiro atoms. The molecule has 3 nitrogen and oxygen atoms in total. The standard InChI is InChI=1S/C20H14N2OS/c23-19-18(12-14-6-2-1-3-7-14)24-20(22-19)21-17-11-10-15-8-4-5-9-16(15)13-17/h1-13H,(H,21,22,23)/b18-12-. The van der Waals surface area contributed by atoms with Crippen LogP contribution in [0.3, 0.4) is 0 Å². The summed E-state index contributed by atoms with van der Waals surface area (Å²) >= 11 is 1.36. The molecule has 0 aliphatic carbocycles. The van der Waals surface area contributed by atoms with E-state index in [-0.39, 0.29) is 5.91 Å². The maximum absolute atomic E-state index is 12.1. The summed E-state index contributed by atoms with van der Waals surface area (Å²) in [4.78, 5) is 17.3. The summed E-state index contributed by atoms with van der Waals surface area (Å²) in [6.45, 7) is 0. The van der Waals surface area contributed by atoms with Gasteiger partial charge in [0.15, 0.2) is 5.17 Å². The van der Waals surface area contributed by atoms with Crippen molar-refractivity contribution in [3.8, 4) is 0 Å². The molecule has 4 rings (SSSR count). The highest BCUT2D eigenvalue weighted by Crippen LogP contribution is 2.29. The molecule has 0 saturated carbocycles. The van der Waals surface area contributed by atoms with E-state index in [2.05, 4.69) is 22.4 Å². The van der Waals surface area contributed by atoms with E-state index in [0.29, 0.717) is 10.1 Å². The van der Waals surface area contributed by atoms with Crippen molar-refractivity contribution < 1.29 is 4.79 Å². The molecule has 0 unspecified atom stereocenters. The molecular weight excluding hydrogens is 316 g/mol. The number of amides is 1. The molecule has 24 heavy (non-hydrogen) atoms. The van der Waals surface area contributed by atoms with Crippen molar-refractivity contribution in [3.05, 3.63) is 83.3 Å². The molecule has 0 aromatic heterocycles. The van der Waals surface area contributed by atoms with Gasteiger partial charge in [-0.1, -0.05) is 60.7 Å². The molecule has 1 amide bonds. The lowest BCUT2D eigenvalue weighted by molar-refractivity contribution is -0.115. The second-order valence-corrected chi connectivity index (χ2v) is 6.45. The zero-order valence-electron chi connectivity index (χ0n) is 12.8. The highest BCUT2D eigenvalue weighted by atomic mass is 32.2. The third-order valence-electron chi connectivity index (χ3n) is 3.71. The smallest absolute Gasteiger partial charge is 0.264 e. The van der Waals surface area contributed by atoms with Crippen LogP contribution >= 0.6 is 11.8 Å². The monoisotopic (exact) mass is 330 g/mol. The molecule has 1 fully saturated rings. The highest BCUT2D eigenvalue weighted by molar-refractivity contribution is 8.18. The number of fused-ring (bicyclic) bond motifs is 1. The van der Waals surface area contributed by atoms with Crippen LogP contribution in [0.25, 0.3) is 16.8 Å². The second-order valence-electron chi connectivity index (χ2n) is 5.42. The zero-order valence-corrected chi connectivity index (χ0v) is 13.6. The summed E-state index contributed by atoms with van der Waals surface area (Å²) in [5.74, 6) is -0.108. The number of amidine groups is 1. The summed E-state index contributed by atoms with van der Waals surface area (Å²) in [5.41, 5.74) is 1.83. The Morgan fingerprint density at radius 1 is 0.875 bits per heavy atom. The van der Waals surface area contributed by atoms with Crippen molar-refractivity contribution in [3.63, 3.8) is 0 Å². The van der Waals surface area contributed by atoms with Crippen molar-refractivity contribution in [2.45, 2.75) is 0 Å². The first-order chi connectivity index (χ1) is 11.8. The number of carbonyl (C=O) groups is 1. The molecule has 1 aliphatic rings. The van der Waals surface area contributed by atoms with Crippen LogP contribution in [0.4, 0.5) is 5.69 Å². The second kappa shape index (κ2) is 6.34. The molecule has 1 aliphatic heterocycles. The molecule has 0 bridgehead atoms. The van der Waals surface area contributed by atoms with Gasteiger partial charge in [-0.2, -0.15) is 0 Å². The van der Waals surface area contributed by atoms with Crippen LogP contribution in [0.2, 0.25) is 0 Å². The molecular formula is C20H14N2OS. The molecule has 4 heteroatoms. The first kappa shape index (κ1) is 14.7. The topological polar surface area (TPSA) is 41.5 Å². The minimum Gasteiger partial charge on any atom is -0.300 e. The third-order valence-corrected chi connectivity index (χ3v) is 4.62. The number of aliphatic imine (C=N–C) groups is 1. The van der Waals surface area contributed by atoms with Gasteiger partial charge >= 0.3 is 0 Å². The van der Waals surface area contributed by atoms with Gasteiger partial charge in [0, 0.05) is 0 Å². The summed E-state index contributed by atoms with van der Waals surface area (Å²) in [7, 11) is 0. The lowest BCUT2D eigenvalue weighted by Gasteiger charge is -2.00. The number of hydrogen-bond donors (Lipinski definition) is 1. The van der Waals surface area contributed by atoms with Crippen LogP contribution in [0.5, 0.6) is 0 Å². The van der Waals surface area contributed by atoms with Crippen LogP contribution in [-0.4, -0.2) is 11.1 Å². The van der Waals surface area contributed by atoms with Gasteiger partial charge in [-0.15, -0.1) is 0 Å². The average molecular weight is 330 g/mol. The van der Waals surface area contributed by atoms with E-state index in [9.17, 15) is 4.79 Å². The number of carbonyl (C=O) groups excluding carboxylic acids is 1. The molecule has 0 radical (unpaired) electrons. The van der Waals surface area contributed by atoms with Crippen LogP contribution in [0, 0.1) is 0 Å². The number of benzene rings is 3. The molecule has 1 N–H and O–H groups in total. The summed E-state index contributed by atoms with van der Waals surface area (Å²) in [5, 5.41) is 5.74. The van der Waals surface area contributed by atoms with Gasteiger partial charge in [0.05, 0.1) is 10.6 Å². The van der Waals surface area contributed by atoms with Crippen LogP contribution in [0.1, 0.15) is 5.56 Å². The Balaban J connectivity index is 1.61. The first-order valence-electron chi connectivity index (χ1n) is 7.61. The van der Waals surface area contributed by atoms with Gasteiger partial charge in [-0.25, -0.2) is 4.99 Å². The number of nitrogens with zero attached hydrogens (tertiary/aromatic N) is 1. The molecule has 0 atom stereocenters. The summed E-state index contributed by atoms with van der Waals surface area (Å²) in [6, 6.07) is 24.0. The minimum absolute atomic E-state index is 0.108. The zero-order chi connectivity index (χ0) is 16.4. The van der Waals surface area contributed by atoms with E-state index in [1.165, 1.54) is 17.1 Å². The van der Waals surface area contributed by atoms with Crippen molar-refractivity contribution >= 4 is 45.4 Å². The van der Waals surface area contributed by atoms with Gasteiger partial charge in [-0.05, 0) is 46.3 Å². The average Bonchev–Trinajstić information content (AvgIpc) is 2.95. The van der Waals surface area contributed by atoms with Crippen molar-refractivity contribution in [2.75, 3.05) is 0 Å². The third kappa shape index (κ3) is 3.09. The van der Waals surface area contributed by atoms with Gasteiger partial charge < -0.3 is 5.32 Å². The summed E-state index contributed by atoms with van der Waals surface area (Å²) in [6.07, 6.45) is 1.88. The van der Waals surface area contributed by atoms with Gasteiger partial charge in [0.25, 0.3) is 5.91 Å². The molecule has 3 aromatic rings. The number of hydrogen-bond acceptors (Lipinski definition) is 3. The Kier molecular flexibility index (Phi) is 3.89. The van der Waals surface area contributed by atoms with E-state index >= 15 is 0 Å². The quantitative estimate of drug-likeness (QED) is 0.690. The van der Waals surface area contributed by atoms with E-state index < -0.39 is 0 Å². The van der Waals surface area contributed by atoms with Crippen LogP contribution in [0.15, 0.2) is 82.7 Å². The largest absolute Gasteiger partial charge is 0.300 e. The maximum atomic E-state index is 12.1. The fourth-order valence-corrected chi connectivity index (χ4v) is 3.39. The normalized spacial score (nSPS) is 17.6. The van der Waals surface area contributed by atoms with Crippen molar-refractivity contribution in [2.24, 2.45) is 4.99 Å². The van der Waals surface area contributed by atoms with Gasteiger partial charge in [0.2, 0.25) is 0 Å². The van der Waals surface area contributed by atoms with E-state index in [1.807, 2.05) is 66.7 Å². The Bertz CT molecular complexity index is 977. The van der Waals surface area contributed by atoms with Crippen molar-refractivity contribution in [1.82, 2.24) is 5.32 Å². The lowest BCUT2D eigenvalue weighted by Crippen LogP contribution is -2.19. The first-order valence-corrected chi connectivity index (χ1v) is 8.43. The Morgan fingerprint density at radius 2 is 1.62 bits per heavy atom. The lowest BCUT2D eigenvalue weighted by atomic mass is 10.1. The molecule has 3 aromatic carbocycles. The fourth-order valence-electron chi connectivity index (χ4n) is 2.54. The van der Waals surface area contributed by atoms with E-state index in [0.717, 1.165) is 16.6 Å². The maximum Gasteiger partial charge on any atom is 0.264 e. The van der Waals surface area contributed by atoms with Crippen LogP contribution < -0.4 is 5.32 Å². The fraction of sp³-hybridized carbons (Fsp3) is 0. The molecule has 1 saturated heterocycles. The highest BCUT2D eigenvalue weighted by Gasteiger charge is 2.23. The Morgan fingerprint density at radius 3 is 2.46 bits per heavy atom. The number of rotatable bonds is 2. The van der Waals surface area contributed by atoms with E-state index in [4.69, 9.17) is 0 Å². The van der Waals surface area contributed by atoms with E-state index in [1.54, 1.807) is 0 Å². The van der Waals surface area contributed by atoms with Crippen LogP contribution in [-0.2, 0) is 4.79 Å². The number of nitrogens with one attached hydrogen (secondary N) is 1. The van der Waals surface area contributed by atoms with Gasteiger partial charge in [0.1, 0.15) is 0 Å². The predicted octanol–water partition coefficient (Wildman–Crippen LogP) is 4.73. The Hall–Kier alpha value is -2.85. The minimum atomic E-state index is -0.108.